The largest absolute Gasteiger partial charge is 0.389 e. The van der Waals surface area contributed by atoms with Crippen molar-refractivity contribution in [3.05, 3.63) is 208 Å². The van der Waals surface area contributed by atoms with Crippen molar-refractivity contribution >= 4 is 36.1 Å². The Hall–Kier alpha value is -6.19. The highest BCUT2D eigenvalue weighted by molar-refractivity contribution is 5.82. The van der Waals surface area contributed by atoms with Crippen LogP contribution >= 0.6 is 0 Å². The van der Waals surface area contributed by atoms with Crippen LogP contribution in [0, 0.1) is 6.92 Å². The molecule has 1 aliphatic rings. The smallest absolute Gasteiger partial charge is 0.0519 e. The Bertz CT molecular complexity index is 2220. The monoisotopic (exact) mass is 677 g/mol. The summed E-state index contributed by atoms with van der Waals surface area (Å²) in [5, 5.41) is 6.56. The van der Waals surface area contributed by atoms with E-state index in [0.29, 0.717) is 0 Å². The summed E-state index contributed by atoms with van der Waals surface area (Å²) in [7, 11) is 3.87. The van der Waals surface area contributed by atoms with E-state index >= 15 is 0 Å². The molecule has 0 saturated carbocycles. The molecule has 1 heterocycles. The fourth-order valence-electron chi connectivity index (χ4n) is 6.51. The number of allylic oxidation sites excluding steroid dienone is 6. The van der Waals surface area contributed by atoms with Gasteiger partial charge in [-0.3, -0.25) is 4.98 Å². The van der Waals surface area contributed by atoms with Crippen LogP contribution < -0.4 is 10.6 Å². The van der Waals surface area contributed by atoms with Crippen LogP contribution in [0.25, 0.3) is 47.2 Å². The number of hydrogen-bond acceptors (Lipinski definition) is 3. The first kappa shape index (κ1) is 35.6. The fourth-order valence-corrected chi connectivity index (χ4v) is 6.51. The maximum atomic E-state index is 4.73. The summed E-state index contributed by atoms with van der Waals surface area (Å²) in [6, 6.07) is 34.6. The normalized spacial score (nSPS) is 13.0. The molecule has 2 N–H and O–H groups in total. The minimum absolute atomic E-state index is 0.724. The average Bonchev–Trinajstić information content (AvgIpc) is 3.18. The van der Waals surface area contributed by atoms with Crippen LogP contribution in [0.2, 0.25) is 0 Å². The Balaban J connectivity index is 1.32. The van der Waals surface area contributed by atoms with Gasteiger partial charge in [0.05, 0.1) is 5.69 Å². The van der Waals surface area contributed by atoms with Crippen molar-refractivity contribution in [3.63, 3.8) is 0 Å². The van der Waals surface area contributed by atoms with Gasteiger partial charge in [0.15, 0.2) is 0 Å². The number of nitrogens with zero attached hydrogens (tertiary/aromatic N) is 1. The Morgan fingerprint density at radius 2 is 1.56 bits per heavy atom. The predicted octanol–water partition coefficient (Wildman–Crippen LogP) is 11.4. The molecule has 0 aliphatic heterocycles. The number of aromatic nitrogens is 1. The molecule has 0 atom stereocenters. The minimum Gasteiger partial charge on any atom is -0.389 e. The van der Waals surface area contributed by atoms with E-state index in [0.717, 1.165) is 58.6 Å². The number of nitrogens with one attached hydrogen (secondary N) is 2. The molecule has 5 aromatic rings. The summed E-state index contributed by atoms with van der Waals surface area (Å²) in [6.45, 7) is 6.16. The van der Waals surface area contributed by atoms with E-state index in [1.807, 2.05) is 32.4 Å². The summed E-state index contributed by atoms with van der Waals surface area (Å²) < 4.78 is 0. The van der Waals surface area contributed by atoms with Gasteiger partial charge in [-0.05, 0) is 117 Å². The van der Waals surface area contributed by atoms with E-state index in [9.17, 15) is 0 Å². The highest BCUT2D eigenvalue weighted by Gasteiger charge is 2.13. The number of benzene rings is 4. The zero-order chi connectivity index (χ0) is 36.1. The molecule has 3 nitrogen and oxygen atoms in total. The maximum absolute atomic E-state index is 4.73. The van der Waals surface area contributed by atoms with Crippen molar-refractivity contribution in [1.82, 2.24) is 15.6 Å². The molecule has 258 valence electrons. The lowest BCUT2D eigenvalue weighted by atomic mass is 9.88. The second-order valence-corrected chi connectivity index (χ2v) is 13.0. The number of likely N-dealkylation sites (N-methyl/N-ethyl adjacent to an activating group) is 1. The lowest BCUT2D eigenvalue weighted by Crippen LogP contribution is -2.05. The van der Waals surface area contributed by atoms with Gasteiger partial charge in [0.1, 0.15) is 0 Å². The highest BCUT2D eigenvalue weighted by atomic mass is 14.8. The molecule has 3 heteroatoms. The second-order valence-electron chi connectivity index (χ2n) is 13.0. The fraction of sp³-hybridized carbons (Fsp3) is 0.122. The van der Waals surface area contributed by atoms with Crippen LogP contribution in [0.5, 0.6) is 0 Å². The quantitative estimate of drug-likeness (QED) is 0.122. The average molecular weight is 678 g/mol. The molecule has 52 heavy (non-hydrogen) atoms. The van der Waals surface area contributed by atoms with E-state index in [-0.39, 0.29) is 0 Å². The van der Waals surface area contributed by atoms with Gasteiger partial charge in [-0.15, -0.1) is 0 Å². The number of rotatable bonds is 13. The van der Waals surface area contributed by atoms with E-state index < -0.39 is 0 Å². The van der Waals surface area contributed by atoms with Gasteiger partial charge in [-0.2, -0.15) is 0 Å². The number of pyridine rings is 1. The van der Waals surface area contributed by atoms with E-state index in [4.69, 9.17) is 4.98 Å². The van der Waals surface area contributed by atoms with Crippen molar-refractivity contribution in [3.8, 4) is 11.1 Å². The summed E-state index contributed by atoms with van der Waals surface area (Å²) in [6.07, 6.45) is 28.5. The zero-order valence-corrected chi connectivity index (χ0v) is 30.4. The lowest BCUT2D eigenvalue weighted by molar-refractivity contribution is 0.986. The predicted molar refractivity (Wildman–Crippen MR) is 225 cm³/mol. The standard InChI is InChI=1S/C49H47N3/c1-36-16-5-7-18-39(36)19-8-6-17-38-32-44(47-27-13-24-41-21-11-12-26-46(41)47)34-45(33-38)48(51-4)28-14-23-40-20-9-10-22-43(40)35-49-42(25-15-31-52-49)30-29-37(2)50-3/h5-10,12-20,22-34,50-51H,2,11,21,35H2,1,3-4H3/b17-6+,19-8-,23-14-,30-29-,48-28-. The molecule has 0 amide bonds. The lowest BCUT2D eigenvalue weighted by Gasteiger charge is -2.17. The maximum Gasteiger partial charge on any atom is 0.0519 e. The molecule has 4 aromatic carbocycles. The van der Waals surface area contributed by atoms with Crippen LogP contribution in [-0.4, -0.2) is 19.1 Å². The van der Waals surface area contributed by atoms with Crippen LogP contribution in [0.3, 0.4) is 0 Å². The highest BCUT2D eigenvalue weighted by Crippen LogP contribution is 2.33. The molecular formula is C49H47N3. The SMILES string of the molecule is C=C(/C=C\c1cccnc1Cc1ccccc1/C=C\C=C(/NC)c1cc(/C=C/C=C\c2ccccc2C)cc(-c2cccc3c2C=CCC3)c1)NC. The van der Waals surface area contributed by atoms with E-state index in [1.165, 1.54) is 38.9 Å². The first-order valence-corrected chi connectivity index (χ1v) is 18.0. The second kappa shape index (κ2) is 17.6. The molecule has 1 aliphatic carbocycles. The van der Waals surface area contributed by atoms with Gasteiger partial charge in [0.25, 0.3) is 0 Å². The third kappa shape index (κ3) is 9.12. The van der Waals surface area contributed by atoms with Crippen LogP contribution in [-0.2, 0) is 12.8 Å². The number of fused-ring (bicyclic) bond motifs is 1. The number of hydrogen-bond donors (Lipinski definition) is 2. The van der Waals surface area contributed by atoms with Crippen molar-refractivity contribution < 1.29 is 0 Å². The topological polar surface area (TPSA) is 37.0 Å². The Morgan fingerprint density at radius 3 is 2.40 bits per heavy atom. The van der Waals surface area contributed by atoms with Crippen molar-refractivity contribution in [2.24, 2.45) is 0 Å². The third-order valence-corrected chi connectivity index (χ3v) is 9.43. The summed E-state index contributed by atoms with van der Waals surface area (Å²) in [5.41, 5.74) is 16.4. The van der Waals surface area contributed by atoms with Gasteiger partial charge in [0.2, 0.25) is 0 Å². The molecule has 0 bridgehead atoms. The first-order chi connectivity index (χ1) is 25.5. The molecule has 0 saturated heterocycles. The molecule has 0 radical (unpaired) electrons. The molecule has 6 rings (SSSR count). The van der Waals surface area contributed by atoms with E-state index in [1.54, 1.807) is 0 Å². The van der Waals surface area contributed by atoms with E-state index in [2.05, 4.69) is 176 Å². The van der Waals surface area contributed by atoms with Crippen molar-refractivity contribution in [1.29, 1.82) is 0 Å². The van der Waals surface area contributed by atoms with Gasteiger partial charge in [0, 0.05) is 38.1 Å². The van der Waals surface area contributed by atoms with Crippen molar-refractivity contribution in [2.75, 3.05) is 14.1 Å². The van der Waals surface area contributed by atoms with Gasteiger partial charge < -0.3 is 10.6 Å². The Morgan fingerprint density at radius 1 is 0.769 bits per heavy atom. The molecule has 0 unspecified atom stereocenters. The van der Waals surface area contributed by atoms with Crippen LogP contribution in [0.4, 0.5) is 0 Å². The van der Waals surface area contributed by atoms with Crippen LogP contribution in [0.1, 0.15) is 62.2 Å². The summed E-state index contributed by atoms with van der Waals surface area (Å²) in [4.78, 5) is 4.73. The molecule has 0 spiro atoms. The molecule has 1 aromatic heterocycles. The van der Waals surface area contributed by atoms with Gasteiger partial charge >= 0.3 is 0 Å². The summed E-state index contributed by atoms with van der Waals surface area (Å²) in [5.74, 6) is 0. The van der Waals surface area contributed by atoms with Gasteiger partial charge in [-0.1, -0.05) is 134 Å². The van der Waals surface area contributed by atoms with Gasteiger partial charge in [-0.25, -0.2) is 0 Å². The molecule has 0 fully saturated rings. The Kier molecular flexibility index (Phi) is 12.1. The summed E-state index contributed by atoms with van der Waals surface area (Å²) >= 11 is 0. The van der Waals surface area contributed by atoms with Crippen LogP contribution in [0.15, 0.2) is 152 Å². The van der Waals surface area contributed by atoms with Crippen molar-refractivity contribution in [2.45, 2.75) is 26.2 Å². The number of aryl methyl sites for hydroxylation is 2. The zero-order valence-electron chi connectivity index (χ0n) is 30.4. The third-order valence-electron chi connectivity index (χ3n) is 9.43. The first-order valence-electron chi connectivity index (χ1n) is 18.0. The Labute approximate surface area is 309 Å². The minimum atomic E-state index is 0.724. The molecular weight excluding hydrogens is 631 g/mol.